The molecule has 0 atom stereocenters. The van der Waals surface area contributed by atoms with E-state index in [9.17, 15) is 4.79 Å². The lowest BCUT2D eigenvalue weighted by molar-refractivity contribution is 0.0954. The van der Waals surface area contributed by atoms with Gasteiger partial charge in [-0.25, -0.2) is 0 Å². The predicted molar refractivity (Wildman–Crippen MR) is 54.1 cm³/mol. The smallest absolute Gasteiger partial charge is 0.254 e. The molecule has 1 rings (SSSR count). The highest BCUT2D eigenvalue weighted by atomic mass is 16.1. The van der Waals surface area contributed by atoms with Crippen molar-refractivity contribution in [1.82, 2.24) is 20.4 Å². The lowest BCUT2D eigenvalue weighted by Crippen LogP contribution is -2.31. The van der Waals surface area contributed by atoms with E-state index in [1.807, 2.05) is 6.92 Å². The van der Waals surface area contributed by atoms with E-state index in [-0.39, 0.29) is 5.91 Å². The zero-order valence-corrected chi connectivity index (χ0v) is 8.58. The van der Waals surface area contributed by atoms with Crippen LogP contribution in [0, 0.1) is 0 Å². The lowest BCUT2D eigenvalue weighted by Gasteiger charge is -2.03. The van der Waals surface area contributed by atoms with Gasteiger partial charge in [-0.1, -0.05) is 6.92 Å². The highest BCUT2D eigenvalue weighted by Crippen LogP contribution is 1.94. The number of aryl methyl sites for hydroxylation is 1. The van der Waals surface area contributed by atoms with Gasteiger partial charge in [0.25, 0.3) is 5.91 Å². The molecule has 1 aromatic rings. The molecule has 0 spiro atoms. The van der Waals surface area contributed by atoms with Crippen LogP contribution in [0.2, 0.25) is 0 Å². The molecular formula is C9H16N4O. The highest BCUT2D eigenvalue weighted by Gasteiger charge is 2.05. The molecule has 0 bridgehead atoms. The van der Waals surface area contributed by atoms with Crippen LogP contribution >= 0.6 is 0 Å². The summed E-state index contributed by atoms with van der Waals surface area (Å²) < 4.78 is 1.61. The molecule has 2 N–H and O–H groups in total. The number of aromatic nitrogens is 2. The van der Waals surface area contributed by atoms with Crippen molar-refractivity contribution in [3.63, 3.8) is 0 Å². The van der Waals surface area contributed by atoms with Crippen LogP contribution in [0.3, 0.4) is 0 Å². The van der Waals surface area contributed by atoms with Gasteiger partial charge in [-0.3, -0.25) is 9.48 Å². The van der Waals surface area contributed by atoms with Crippen LogP contribution in [0.5, 0.6) is 0 Å². The van der Waals surface area contributed by atoms with Gasteiger partial charge >= 0.3 is 0 Å². The number of nitrogens with zero attached hydrogens (tertiary/aromatic N) is 2. The molecular weight excluding hydrogens is 180 g/mol. The third kappa shape index (κ3) is 3.18. The SMILES string of the molecule is CCNCCNC(=O)c1cnn(C)c1. The Balaban J connectivity index is 2.29. The predicted octanol–water partition coefficient (Wildman–Crippen LogP) is -0.241. The molecule has 1 heterocycles. The van der Waals surface area contributed by atoms with E-state index >= 15 is 0 Å². The van der Waals surface area contributed by atoms with E-state index in [1.54, 1.807) is 24.1 Å². The third-order valence-electron chi connectivity index (χ3n) is 1.80. The van der Waals surface area contributed by atoms with E-state index in [4.69, 9.17) is 0 Å². The zero-order chi connectivity index (χ0) is 10.4. The molecule has 1 amide bonds. The number of hydrogen-bond acceptors (Lipinski definition) is 3. The summed E-state index contributed by atoms with van der Waals surface area (Å²) >= 11 is 0. The number of hydrogen-bond donors (Lipinski definition) is 2. The number of nitrogens with one attached hydrogen (secondary N) is 2. The van der Waals surface area contributed by atoms with Crippen molar-refractivity contribution in [1.29, 1.82) is 0 Å². The molecule has 1 aromatic heterocycles. The van der Waals surface area contributed by atoms with E-state index in [0.29, 0.717) is 12.1 Å². The minimum atomic E-state index is -0.0731. The normalized spacial score (nSPS) is 10.1. The van der Waals surface area contributed by atoms with Crippen molar-refractivity contribution in [3.05, 3.63) is 18.0 Å². The number of rotatable bonds is 5. The highest BCUT2D eigenvalue weighted by molar-refractivity contribution is 5.93. The Hall–Kier alpha value is -1.36. The molecule has 78 valence electrons. The van der Waals surface area contributed by atoms with Crippen LogP contribution in [0.1, 0.15) is 17.3 Å². The zero-order valence-electron chi connectivity index (χ0n) is 8.58. The molecule has 0 aliphatic heterocycles. The van der Waals surface area contributed by atoms with Crippen molar-refractivity contribution in [2.24, 2.45) is 7.05 Å². The van der Waals surface area contributed by atoms with Crippen molar-refractivity contribution in [2.45, 2.75) is 6.92 Å². The maximum Gasteiger partial charge on any atom is 0.254 e. The van der Waals surface area contributed by atoms with Crippen LogP contribution in [-0.4, -0.2) is 35.3 Å². The maximum atomic E-state index is 11.4. The topological polar surface area (TPSA) is 58.9 Å². The summed E-state index contributed by atoms with van der Waals surface area (Å²) in [4.78, 5) is 11.4. The van der Waals surface area contributed by atoms with Crippen molar-refractivity contribution >= 4 is 5.91 Å². The number of amides is 1. The first-order valence-electron chi connectivity index (χ1n) is 4.71. The molecule has 0 aliphatic carbocycles. The first-order valence-corrected chi connectivity index (χ1v) is 4.71. The Morgan fingerprint density at radius 2 is 2.36 bits per heavy atom. The standard InChI is InChI=1S/C9H16N4O/c1-3-10-4-5-11-9(14)8-6-12-13(2)7-8/h6-7,10H,3-5H2,1-2H3,(H,11,14). The fraction of sp³-hybridized carbons (Fsp3) is 0.556. The Labute approximate surface area is 83.5 Å². The van der Waals surface area contributed by atoms with Crippen LogP contribution in [0.15, 0.2) is 12.4 Å². The summed E-state index contributed by atoms with van der Waals surface area (Å²) in [5.41, 5.74) is 0.601. The van der Waals surface area contributed by atoms with Gasteiger partial charge in [0.05, 0.1) is 11.8 Å². The van der Waals surface area contributed by atoms with Gasteiger partial charge in [0, 0.05) is 26.3 Å². The van der Waals surface area contributed by atoms with Gasteiger partial charge in [-0.2, -0.15) is 5.10 Å². The average Bonchev–Trinajstić information content (AvgIpc) is 2.59. The second-order valence-electron chi connectivity index (χ2n) is 3.01. The molecule has 0 radical (unpaired) electrons. The van der Waals surface area contributed by atoms with Crippen LogP contribution < -0.4 is 10.6 Å². The quantitative estimate of drug-likeness (QED) is 0.639. The molecule has 5 heteroatoms. The number of carbonyl (C=O) groups excluding carboxylic acids is 1. The molecule has 0 aromatic carbocycles. The molecule has 0 unspecified atom stereocenters. The third-order valence-corrected chi connectivity index (χ3v) is 1.80. The summed E-state index contributed by atoms with van der Waals surface area (Å²) in [5, 5.41) is 9.84. The summed E-state index contributed by atoms with van der Waals surface area (Å²) in [6.45, 7) is 4.38. The van der Waals surface area contributed by atoms with Crippen LogP contribution in [-0.2, 0) is 7.05 Å². The van der Waals surface area contributed by atoms with Gasteiger partial charge in [-0.15, -0.1) is 0 Å². The fourth-order valence-electron chi connectivity index (χ4n) is 1.08. The minimum absolute atomic E-state index is 0.0731. The van der Waals surface area contributed by atoms with Crippen molar-refractivity contribution < 1.29 is 4.79 Å². The molecule has 0 saturated heterocycles. The first kappa shape index (κ1) is 10.7. The summed E-state index contributed by atoms with van der Waals surface area (Å²) in [5.74, 6) is -0.0731. The summed E-state index contributed by atoms with van der Waals surface area (Å²) in [6, 6.07) is 0. The van der Waals surface area contributed by atoms with Gasteiger partial charge in [0.2, 0.25) is 0 Å². The minimum Gasteiger partial charge on any atom is -0.351 e. The monoisotopic (exact) mass is 196 g/mol. The number of carbonyl (C=O) groups is 1. The second kappa shape index (κ2) is 5.39. The van der Waals surface area contributed by atoms with Crippen molar-refractivity contribution in [3.8, 4) is 0 Å². The average molecular weight is 196 g/mol. The molecule has 0 aliphatic rings. The maximum absolute atomic E-state index is 11.4. The van der Waals surface area contributed by atoms with E-state index < -0.39 is 0 Å². The molecule has 5 nitrogen and oxygen atoms in total. The van der Waals surface area contributed by atoms with E-state index in [2.05, 4.69) is 15.7 Å². The summed E-state index contributed by atoms with van der Waals surface area (Å²) in [6.07, 6.45) is 3.26. The Kier molecular flexibility index (Phi) is 4.12. The van der Waals surface area contributed by atoms with Gasteiger partial charge < -0.3 is 10.6 Å². The molecule has 0 saturated carbocycles. The van der Waals surface area contributed by atoms with Gasteiger partial charge in [0.15, 0.2) is 0 Å². The Morgan fingerprint density at radius 1 is 1.57 bits per heavy atom. The van der Waals surface area contributed by atoms with Crippen molar-refractivity contribution in [2.75, 3.05) is 19.6 Å². The van der Waals surface area contributed by atoms with Crippen LogP contribution in [0.4, 0.5) is 0 Å². The fourth-order valence-corrected chi connectivity index (χ4v) is 1.08. The summed E-state index contributed by atoms with van der Waals surface area (Å²) in [7, 11) is 1.79. The van der Waals surface area contributed by atoms with Gasteiger partial charge in [0.1, 0.15) is 0 Å². The Bertz CT molecular complexity index is 295. The first-order chi connectivity index (χ1) is 6.74. The molecule has 14 heavy (non-hydrogen) atoms. The largest absolute Gasteiger partial charge is 0.351 e. The number of likely N-dealkylation sites (N-methyl/N-ethyl adjacent to an activating group) is 1. The van der Waals surface area contributed by atoms with Gasteiger partial charge in [-0.05, 0) is 6.54 Å². The molecule has 0 fully saturated rings. The lowest BCUT2D eigenvalue weighted by atomic mass is 10.3. The van der Waals surface area contributed by atoms with E-state index in [0.717, 1.165) is 13.1 Å². The second-order valence-corrected chi connectivity index (χ2v) is 3.01. The van der Waals surface area contributed by atoms with E-state index in [1.165, 1.54) is 0 Å². The van der Waals surface area contributed by atoms with Crippen LogP contribution in [0.25, 0.3) is 0 Å². The Morgan fingerprint density at radius 3 is 2.93 bits per heavy atom.